The minimum atomic E-state index is -0.297. The standard InChI is InChI=1S/C30H36N2O2/c1-6-17-31-25-13-9-23(10-14-25)27-19(2)20(3)28(29(21(27)4)30(33)34-5)24-11-15-26(16-12-24)32-18-22-7-8-22/h9-16,22,31-32H,6-8,17-18H2,1-5H3. The lowest BCUT2D eigenvalue weighted by Gasteiger charge is -2.22. The average molecular weight is 457 g/mol. The van der Waals surface area contributed by atoms with Crippen molar-refractivity contribution < 1.29 is 9.53 Å². The van der Waals surface area contributed by atoms with Gasteiger partial charge in [0.25, 0.3) is 0 Å². The third-order valence-corrected chi connectivity index (χ3v) is 6.92. The van der Waals surface area contributed by atoms with Crippen molar-refractivity contribution in [2.24, 2.45) is 5.92 Å². The Bertz CT molecular complexity index is 1160. The van der Waals surface area contributed by atoms with E-state index in [0.717, 1.165) is 70.2 Å². The van der Waals surface area contributed by atoms with Crippen LogP contribution in [-0.4, -0.2) is 26.2 Å². The van der Waals surface area contributed by atoms with Crippen LogP contribution in [0.4, 0.5) is 11.4 Å². The summed E-state index contributed by atoms with van der Waals surface area (Å²) < 4.78 is 5.26. The Morgan fingerprint density at radius 3 is 1.88 bits per heavy atom. The molecule has 0 bridgehead atoms. The maximum Gasteiger partial charge on any atom is 0.338 e. The Kier molecular flexibility index (Phi) is 7.26. The molecule has 1 saturated carbocycles. The largest absolute Gasteiger partial charge is 0.465 e. The van der Waals surface area contributed by atoms with E-state index in [1.807, 2.05) is 6.92 Å². The highest BCUT2D eigenvalue weighted by atomic mass is 16.5. The van der Waals surface area contributed by atoms with Gasteiger partial charge < -0.3 is 15.4 Å². The average Bonchev–Trinajstić information content (AvgIpc) is 3.69. The van der Waals surface area contributed by atoms with Crippen LogP contribution in [0.15, 0.2) is 48.5 Å². The van der Waals surface area contributed by atoms with Crippen molar-refractivity contribution in [1.82, 2.24) is 0 Å². The maximum atomic E-state index is 13.1. The van der Waals surface area contributed by atoms with Gasteiger partial charge in [-0.1, -0.05) is 31.2 Å². The van der Waals surface area contributed by atoms with Crippen LogP contribution in [-0.2, 0) is 4.74 Å². The van der Waals surface area contributed by atoms with Crippen molar-refractivity contribution in [2.75, 3.05) is 30.8 Å². The molecule has 3 aromatic rings. The minimum Gasteiger partial charge on any atom is -0.465 e. The summed E-state index contributed by atoms with van der Waals surface area (Å²) in [7, 11) is 1.46. The van der Waals surface area contributed by atoms with Crippen molar-refractivity contribution >= 4 is 17.3 Å². The number of nitrogens with one attached hydrogen (secondary N) is 2. The summed E-state index contributed by atoms with van der Waals surface area (Å²) in [5.74, 6) is 0.524. The number of anilines is 2. The molecule has 4 nitrogen and oxygen atoms in total. The molecule has 3 aromatic carbocycles. The lowest BCUT2D eigenvalue weighted by atomic mass is 9.82. The van der Waals surface area contributed by atoms with Gasteiger partial charge >= 0.3 is 5.97 Å². The van der Waals surface area contributed by atoms with Crippen molar-refractivity contribution in [1.29, 1.82) is 0 Å². The van der Waals surface area contributed by atoms with Crippen molar-refractivity contribution in [3.05, 3.63) is 70.8 Å². The van der Waals surface area contributed by atoms with Crippen LogP contribution in [0.5, 0.6) is 0 Å². The maximum absolute atomic E-state index is 13.1. The molecule has 34 heavy (non-hydrogen) atoms. The lowest BCUT2D eigenvalue weighted by molar-refractivity contribution is 0.0601. The van der Waals surface area contributed by atoms with E-state index >= 15 is 0 Å². The fourth-order valence-electron chi connectivity index (χ4n) is 4.67. The summed E-state index contributed by atoms with van der Waals surface area (Å²) in [5.41, 5.74) is 10.3. The molecule has 1 fully saturated rings. The molecule has 178 valence electrons. The summed E-state index contributed by atoms with van der Waals surface area (Å²) in [6.45, 7) is 10.4. The topological polar surface area (TPSA) is 50.4 Å². The Morgan fingerprint density at radius 2 is 1.35 bits per heavy atom. The Labute approximate surface area is 203 Å². The summed E-state index contributed by atoms with van der Waals surface area (Å²) in [6.07, 6.45) is 3.74. The van der Waals surface area contributed by atoms with E-state index in [4.69, 9.17) is 4.74 Å². The molecule has 4 heteroatoms. The second kappa shape index (κ2) is 10.3. The van der Waals surface area contributed by atoms with Crippen LogP contribution in [0, 0.1) is 26.7 Å². The van der Waals surface area contributed by atoms with Gasteiger partial charge in [0, 0.05) is 24.5 Å². The number of hydrogen-bond donors (Lipinski definition) is 2. The fraction of sp³-hybridized carbons (Fsp3) is 0.367. The van der Waals surface area contributed by atoms with Crippen LogP contribution >= 0.6 is 0 Å². The fourth-order valence-corrected chi connectivity index (χ4v) is 4.67. The summed E-state index contributed by atoms with van der Waals surface area (Å²) in [6, 6.07) is 16.9. The first-order valence-corrected chi connectivity index (χ1v) is 12.3. The first-order chi connectivity index (χ1) is 16.4. The Balaban J connectivity index is 1.76. The summed E-state index contributed by atoms with van der Waals surface area (Å²) in [4.78, 5) is 13.1. The molecule has 0 atom stereocenters. The van der Waals surface area contributed by atoms with Gasteiger partial charge in [-0.2, -0.15) is 0 Å². The quantitative estimate of drug-likeness (QED) is 0.330. The first kappa shape index (κ1) is 23.9. The molecule has 0 unspecified atom stereocenters. The number of benzene rings is 3. The van der Waals surface area contributed by atoms with Gasteiger partial charge in [-0.15, -0.1) is 0 Å². The molecule has 0 spiro atoms. The molecule has 0 amide bonds. The van der Waals surface area contributed by atoms with Gasteiger partial charge in [0.1, 0.15) is 0 Å². The van der Waals surface area contributed by atoms with E-state index in [9.17, 15) is 4.79 Å². The van der Waals surface area contributed by atoms with Gasteiger partial charge in [0.2, 0.25) is 0 Å². The lowest BCUT2D eigenvalue weighted by Crippen LogP contribution is -2.11. The van der Waals surface area contributed by atoms with E-state index in [1.165, 1.54) is 25.5 Å². The highest BCUT2D eigenvalue weighted by Gasteiger charge is 2.25. The van der Waals surface area contributed by atoms with E-state index in [2.05, 4.69) is 79.9 Å². The number of carbonyl (C=O) groups is 1. The van der Waals surface area contributed by atoms with Gasteiger partial charge in [0.05, 0.1) is 12.7 Å². The van der Waals surface area contributed by atoms with Crippen molar-refractivity contribution in [3.8, 4) is 22.3 Å². The minimum absolute atomic E-state index is 0.297. The van der Waals surface area contributed by atoms with Gasteiger partial charge in [-0.3, -0.25) is 0 Å². The van der Waals surface area contributed by atoms with Crippen LogP contribution < -0.4 is 10.6 Å². The molecule has 4 rings (SSSR count). The van der Waals surface area contributed by atoms with Crippen LogP contribution in [0.25, 0.3) is 22.3 Å². The monoisotopic (exact) mass is 456 g/mol. The number of esters is 1. The van der Waals surface area contributed by atoms with Crippen LogP contribution in [0.1, 0.15) is 53.2 Å². The van der Waals surface area contributed by atoms with Crippen molar-refractivity contribution in [2.45, 2.75) is 47.0 Å². The summed E-state index contributed by atoms with van der Waals surface area (Å²) in [5, 5.41) is 6.95. The zero-order chi connectivity index (χ0) is 24.2. The summed E-state index contributed by atoms with van der Waals surface area (Å²) >= 11 is 0. The number of methoxy groups -OCH3 is 1. The van der Waals surface area contributed by atoms with Gasteiger partial charge in [0.15, 0.2) is 0 Å². The zero-order valence-electron chi connectivity index (χ0n) is 21.0. The molecule has 0 aliphatic heterocycles. The zero-order valence-corrected chi connectivity index (χ0v) is 21.0. The third-order valence-electron chi connectivity index (χ3n) is 6.92. The van der Waals surface area contributed by atoms with Gasteiger partial charge in [-0.25, -0.2) is 4.79 Å². The first-order valence-electron chi connectivity index (χ1n) is 12.3. The van der Waals surface area contributed by atoms with Crippen molar-refractivity contribution in [3.63, 3.8) is 0 Å². The molecule has 1 aliphatic carbocycles. The van der Waals surface area contributed by atoms with Crippen LogP contribution in [0.2, 0.25) is 0 Å². The number of carbonyl (C=O) groups excluding carboxylic acids is 1. The smallest absolute Gasteiger partial charge is 0.338 e. The van der Waals surface area contributed by atoms with Gasteiger partial charge in [-0.05, 0) is 109 Å². The molecule has 0 saturated heterocycles. The number of ether oxygens (including phenoxy) is 1. The second-order valence-corrected chi connectivity index (χ2v) is 9.40. The van der Waals surface area contributed by atoms with E-state index in [1.54, 1.807) is 0 Å². The van der Waals surface area contributed by atoms with Crippen LogP contribution in [0.3, 0.4) is 0 Å². The number of hydrogen-bond acceptors (Lipinski definition) is 4. The highest BCUT2D eigenvalue weighted by molar-refractivity contribution is 6.03. The molecular formula is C30H36N2O2. The molecule has 0 heterocycles. The normalized spacial score (nSPS) is 13.0. The molecule has 0 radical (unpaired) electrons. The Morgan fingerprint density at radius 1 is 0.824 bits per heavy atom. The van der Waals surface area contributed by atoms with E-state index < -0.39 is 0 Å². The molecule has 0 aromatic heterocycles. The van der Waals surface area contributed by atoms with E-state index in [0.29, 0.717) is 5.56 Å². The third kappa shape index (κ3) is 4.96. The van der Waals surface area contributed by atoms with E-state index in [-0.39, 0.29) is 5.97 Å². The number of rotatable bonds is 9. The SMILES string of the molecule is CCCNc1ccc(-c2c(C)c(C)c(-c3ccc(NCC4CC4)cc3)c(C(=O)OC)c2C)cc1. The molecule has 1 aliphatic rings. The Hall–Kier alpha value is -3.27. The molecular weight excluding hydrogens is 420 g/mol. The second-order valence-electron chi connectivity index (χ2n) is 9.40. The predicted octanol–water partition coefficient (Wildman–Crippen LogP) is 7.38. The molecule has 2 N–H and O–H groups in total. The predicted molar refractivity (Wildman–Crippen MR) is 143 cm³/mol. The highest BCUT2D eigenvalue weighted by Crippen LogP contribution is 2.40.